The lowest BCUT2D eigenvalue weighted by Gasteiger charge is -2.17. The molecule has 5 nitrogen and oxygen atoms in total. The van der Waals surface area contributed by atoms with Crippen LogP contribution in [0.1, 0.15) is 17.8 Å². The minimum absolute atomic E-state index is 0.271. The molecule has 0 spiro atoms. The van der Waals surface area contributed by atoms with Crippen LogP contribution in [0.2, 0.25) is 0 Å². The predicted octanol–water partition coefficient (Wildman–Crippen LogP) is -0.0365. The molecule has 3 heterocycles. The van der Waals surface area contributed by atoms with Crippen LogP contribution in [0.5, 0.6) is 0 Å². The second kappa shape index (κ2) is 4.10. The van der Waals surface area contributed by atoms with Crippen LogP contribution in [0.3, 0.4) is 0 Å². The van der Waals surface area contributed by atoms with Crippen LogP contribution in [0, 0.1) is 5.92 Å². The molecule has 2 aliphatic rings. The zero-order chi connectivity index (χ0) is 11.9. The summed E-state index contributed by atoms with van der Waals surface area (Å²) < 4.78 is 25.0. The Morgan fingerprint density at radius 2 is 2.41 bits per heavy atom. The van der Waals surface area contributed by atoms with E-state index in [1.807, 2.05) is 6.33 Å². The summed E-state index contributed by atoms with van der Waals surface area (Å²) >= 11 is 0. The van der Waals surface area contributed by atoms with Crippen molar-refractivity contribution in [1.29, 1.82) is 0 Å². The lowest BCUT2D eigenvalue weighted by Crippen LogP contribution is -2.25. The van der Waals surface area contributed by atoms with Crippen LogP contribution in [-0.4, -0.2) is 36.0 Å². The molecule has 1 unspecified atom stereocenters. The van der Waals surface area contributed by atoms with Crippen LogP contribution in [0.4, 0.5) is 0 Å². The molecule has 0 aromatic carbocycles. The summed E-state index contributed by atoms with van der Waals surface area (Å²) in [4.78, 5) is 4.39. The third-order valence-electron chi connectivity index (χ3n) is 3.65. The molecule has 0 radical (unpaired) electrons. The van der Waals surface area contributed by atoms with Gasteiger partial charge in [-0.15, -0.1) is 0 Å². The van der Waals surface area contributed by atoms with E-state index in [2.05, 4.69) is 14.9 Å². The molecular weight excluding hydrogens is 238 g/mol. The Balaban J connectivity index is 1.76. The van der Waals surface area contributed by atoms with Gasteiger partial charge in [-0.3, -0.25) is 0 Å². The van der Waals surface area contributed by atoms with Crippen LogP contribution in [0.15, 0.2) is 6.33 Å². The molecule has 0 aliphatic carbocycles. The summed E-state index contributed by atoms with van der Waals surface area (Å²) in [5.41, 5.74) is 2.41. The lowest BCUT2D eigenvalue weighted by molar-refractivity contribution is 0.472. The molecular formula is C11H17N3O2S. The van der Waals surface area contributed by atoms with Gasteiger partial charge in [0.05, 0.1) is 23.5 Å². The number of sulfone groups is 1. The van der Waals surface area contributed by atoms with Crippen molar-refractivity contribution in [2.45, 2.75) is 25.9 Å². The van der Waals surface area contributed by atoms with Gasteiger partial charge in [0, 0.05) is 31.7 Å². The topological polar surface area (TPSA) is 64.0 Å². The van der Waals surface area contributed by atoms with Gasteiger partial charge in [0.1, 0.15) is 0 Å². The van der Waals surface area contributed by atoms with Crippen molar-refractivity contribution in [3.05, 3.63) is 17.7 Å². The molecule has 1 atom stereocenters. The molecule has 2 aliphatic heterocycles. The summed E-state index contributed by atoms with van der Waals surface area (Å²) in [5, 5.41) is 3.29. The van der Waals surface area contributed by atoms with Gasteiger partial charge in [0.15, 0.2) is 9.84 Å². The zero-order valence-electron chi connectivity index (χ0n) is 9.72. The first-order valence-electron chi connectivity index (χ1n) is 6.08. The maximum atomic E-state index is 11.4. The number of fused-ring (bicyclic) bond motifs is 1. The number of hydrogen-bond acceptors (Lipinski definition) is 4. The lowest BCUT2D eigenvalue weighted by atomic mass is 10.1. The van der Waals surface area contributed by atoms with E-state index >= 15 is 0 Å². The molecule has 0 bridgehead atoms. The number of rotatable bonds is 2. The van der Waals surface area contributed by atoms with Crippen molar-refractivity contribution >= 4 is 9.84 Å². The molecule has 17 heavy (non-hydrogen) atoms. The quantitative estimate of drug-likeness (QED) is 0.805. The van der Waals surface area contributed by atoms with E-state index < -0.39 is 9.84 Å². The van der Waals surface area contributed by atoms with E-state index in [4.69, 9.17) is 0 Å². The molecule has 0 saturated carbocycles. The first kappa shape index (κ1) is 11.2. The van der Waals surface area contributed by atoms with Gasteiger partial charge in [-0.1, -0.05) is 0 Å². The molecule has 6 heteroatoms. The van der Waals surface area contributed by atoms with Crippen molar-refractivity contribution in [2.24, 2.45) is 5.92 Å². The first-order chi connectivity index (χ1) is 8.14. The second-order valence-corrected chi connectivity index (χ2v) is 7.21. The largest absolute Gasteiger partial charge is 0.334 e. The number of aromatic nitrogens is 2. The van der Waals surface area contributed by atoms with E-state index in [9.17, 15) is 8.42 Å². The van der Waals surface area contributed by atoms with E-state index in [0.29, 0.717) is 11.5 Å². The minimum Gasteiger partial charge on any atom is -0.334 e. The number of nitrogens with zero attached hydrogens (tertiary/aromatic N) is 2. The molecule has 1 aromatic heterocycles. The summed E-state index contributed by atoms with van der Waals surface area (Å²) in [6.07, 6.45) is 3.66. The van der Waals surface area contributed by atoms with Gasteiger partial charge in [-0.2, -0.15) is 0 Å². The van der Waals surface area contributed by atoms with Gasteiger partial charge in [-0.05, 0) is 12.3 Å². The SMILES string of the molecule is O=S1(=O)CCC(Cn2cnc3c2CCNC3)C1. The first-order valence-corrected chi connectivity index (χ1v) is 7.90. The second-order valence-electron chi connectivity index (χ2n) is 4.99. The Hall–Kier alpha value is -0.880. The summed E-state index contributed by atoms with van der Waals surface area (Å²) in [6.45, 7) is 2.63. The van der Waals surface area contributed by atoms with Gasteiger partial charge in [0.25, 0.3) is 0 Å². The van der Waals surface area contributed by atoms with Crippen LogP contribution < -0.4 is 5.32 Å². The Morgan fingerprint density at radius 3 is 3.18 bits per heavy atom. The molecule has 1 aromatic rings. The van der Waals surface area contributed by atoms with Gasteiger partial charge < -0.3 is 9.88 Å². The highest BCUT2D eigenvalue weighted by atomic mass is 32.2. The third kappa shape index (κ3) is 2.24. The van der Waals surface area contributed by atoms with Gasteiger partial charge in [0.2, 0.25) is 0 Å². The Bertz CT molecular complexity index is 521. The maximum Gasteiger partial charge on any atom is 0.150 e. The Labute approximate surface area is 101 Å². The highest BCUT2D eigenvalue weighted by molar-refractivity contribution is 7.91. The molecule has 3 rings (SSSR count). The molecule has 1 saturated heterocycles. The maximum absolute atomic E-state index is 11.4. The Morgan fingerprint density at radius 1 is 1.53 bits per heavy atom. The van der Waals surface area contributed by atoms with Crippen molar-refractivity contribution in [3.63, 3.8) is 0 Å². The van der Waals surface area contributed by atoms with Gasteiger partial charge >= 0.3 is 0 Å². The number of hydrogen-bond donors (Lipinski definition) is 1. The highest BCUT2D eigenvalue weighted by Crippen LogP contribution is 2.22. The standard InChI is InChI=1S/C11H17N3O2S/c15-17(16)4-2-9(7-17)6-14-8-13-10-5-12-3-1-11(10)14/h8-9,12H,1-7H2. The number of imidazole rings is 1. The van der Waals surface area contributed by atoms with Crippen molar-refractivity contribution in [2.75, 3.05) is 18.1 Å². The fourth-order valence-electron chi connectivity index (χ4n) is 2.75. The van der Waals surface area contributed by atoms with E-state index in [-0.39, 0.29) is 5.92 Å². The number of nitrogens with one attached hydrogen (secondary N) is 1. The molecule has 94 valence electrons. The van der Waals surface area contributed by atoms with Crippen LogP contribution >= 0.6 is 0 Å². The molecule has 1 fully saturated rings. The van der Waals surface area contributed by atoms with Crippen molar-refractivity contribution < 1.29 is 8.42 Å². The normalized spacial score (nSPS) is 26.9. The third-order valence-corrected chi connectivity index (χ3v) is 5.48. The van der Waals surface area contributed by atoms with Crippen molar-refractivity contribution in [1.82, 2.24) is 14.9 Å². The summed E-state index contributed by atoms with van der Waals surface area (Å²) in [6, 6.07) is 0. The van der Waals surface area contributed by atoms with Crippen molar-refractivity contribution in [3.8, 4) is 0 Å². The Kier molecular flexibility index (Phi) is 2.71. The van der Waals surface area contributed by atoms with Crippen LogP contribution in [-0.2, 0) is 29.3 Å². The highest BCUT2D eigenvalue weighted by Gasteiger charge is 2.28. The summed E-state index contributed by atoms with van der Waals surface area (Å²) in [5.74, 6) is 0.974. The van der Waals surface area contributed by atoms with E-state index in [0.717, 1.165) is 38.2 Å². The monoisotopic (exact) mass is 255 g/mol. The van der Waals surface area contributed by atoms with E-state index in [1.54, 1.807) is 0 Å². The fourth-order valence-corrected chi connectivity index (χ4v) is 4.60. The predicted molar refractivity (Wildman–Crippen MR) is 64.4 cm³/mol. The zero-order valence-corrected chi connectivity index (χ0v) is 10.5. The average Bonchev–Trinajstić information content (AvgIpc) is 2.84. The smallest absolute Gasteiger partial charge is 0.150 e. The van der Waals surface area contributed by atoms with Crippen LogP contribution in [0.25, 0.3) is 0 Å². The molecule has 1 N–H and O–H groups in total. The fraction of sp³-hybridized carbons (Fsp3) is 0.727. The van der Waals surface area contributed by atoms with Gasteiger partial charge in [-0.25, -0.2) is 13.4 Å². The average molecular weight is 255 g/mol. The molecule has 0 amide bonds. The summed E-state index contributed by atoms with van der Waals surface area (Å²) in [7, 11) is -2.77. The van der Waals surface area contributed by atoms with E-state index in [1.165, 1.54) is 5.69 Å². The minimum atomic E-state index is -2.77.